The molecule has 5 unspecified atom stereocenters. The van der Waals surface area contributed by atoms with E-state index in [-0.39, 0.29) is 58.6 Å². The number of aliphatic hydroxyl groups excluding tert-OH is 1. The molecule has 6 aliphatic rings. The fraction of sp³-hybridized carbons (Fsp3) is 0.778. The van der Waals surface area contributed by atoms with E-state index in [1.54, 1.807) is 0 Å². The molecule has 13 nitrogen and oxygen atoms in total. The lowest BCUT2D eigenvalue weighted by Crippen LogP contribution is -2.67. The summed E-state index contributed by atoms with van der Waals surface area (Å²) in [5.41, 5.74) is 0.904. The average Bonchev–Trinajstić information content (AvgIpc) is 4.21. The van der Waals surface area contributed by atoms with Crippen LogP contribution in [0.2, 0.25) is 0 Å². The van der Waals surface area contributed by atoms with E-state index in [4.69, 9.17) is 47.6 Å². The molecule has 6 aliphatic heterocycles. The average molecular weight is 937 g/mol. The van der Waals surface area contributed by atoms with Crippen molar-refractivity contribution in [2.45, 2.75) is 204 Å². The Kier molecular flexibility index (Phi) is 15.8. The second kappa shape index (κ2) is 20.7. The SMILES string of the molecule is CC(ON1C(C)(C)CC2(CC1(C)C)OCC(CCCCCCC(O)CC1COC3(CC(C)(C)N(OC(C)c4ccc(OCC5CO5)cc4)C(C)(C)C3)OC1)CO2)c1ccc(OCC2CO2)cc1. The maximum Gasteiger partial charge on any atom is 0.171 e. The van der Waals surface area contributed by atoms with Crippen molar-refractivity contribution >= 4 is 0 Å². The molecular formula is C54H84N2O11. The predicted octanol–water partition coefficient (Wildman–Crippen LogP) is 10.0. The lowest BCUT2D eigenvalue weighted by atomic mass is 9.77. The van der Waals surface area contributed by atoms with Gasteiger partial charge in [-0.3, -0.25) is 9.68 Å². The fourth-order valence-electron chi connectivity index (χ4n) is 11.7. The van der Waals surface area contributed by atoms with Crippen LogP contribution in [-0.4, -0.2) is 120 Å². The zero-order valence-corrected chi connectivity index (χ0v) is 42.5. The number of unbranched alkanes of at least 4 members (excludes halogenated alkanes) is 3. The summed E-state index contributed by atoms with van der Waals surface area (Å²) in [7, 11) is 0. The van der Waals surface area contributed by atoms with Gasteiger partial charge in [-0.1, -0.05) is 49.9 Å². The van der Waals surface area contributed by atoms with E-state index in [1.807, 2.05) is 24.3 Å². The Bertz CT molecular complexity index is 1820. The van der Waals surface area contributed by atoms with Crippen molar-refractivity contribution in [2.75, 3.05) is 52.9 Å². The molecule has 6 fully saturated rings. The smallest absolute Gasteiger partial charge is 0.171 e. The van der Waals surface area contributed by atoms with E-state index in [1.165, 1.54) is 0 Å². The molecule has 2 aromatic carbocycles. The minimum absolute atomic E-state index is 0.125. The van der Waals surface area contributed by atoms with Gasteiger partial charge in [0.05, 0.1) is 45.7 Å². The summed E-state index contributed by atoms with van der Waals surface area (Å²) in [6.45, 7) is 27.4. The molecule has 13 heteroatoms. The topological polar surface area (TPSA) is 126 Å². The summed E-state index contributed by atoms with van der Waals surface area (Å²) in [5.74, 6) is 0.975. The standard InChI is InChI=1S/C54H84N2O11/c1-38(42-17-21-45(22-18-42)58-30-47-32-60-47)66-55-49(3,4)34-53(35-50(55,5)6)62-26-40(27-63-53)15-13-11-12-14-16-44(57)25-41-28-64-54(65-29-41)36-51(7,8)56(52(9,10)37-54)67-39(2)43-19-23-46(24-20-43)59-31-48-33-61-48/h17-24,38-41,44,47-48,57H,11-16,25-37H2,1-10H3. The minimum Gasteiger partial charge on any atom is -0.491 e. The first-order chi connectivity index (χ1) is 31.7. The molecule has 5 atom stereocenters. The van der Waals surface area contributed by atoms with E-state index < -0.39 is 11.6 Å². The third kappa shape index (κ3) is 13.3. The Morgan fingerprint density at radius 1 is 0.537 bits per heavy atom. The Morgan fingerprint density at radius 2 is 0.910 bits per heavy atom. The van der Waals surface area contributed by atoms with Gasteiger partial charge in [-0.25, -0.2) is 0 Å². The molecule has 6 saturated heterocycles. The number of hydrogen-bond acceptors (Lipinski definition) is 13. The van der Waals surface area contributed by atoms with Gasteiger partial charge >= 0.3 is 0 Å². The predicted molar refractivity (Wildman–Crippen MR) is 255 cm³/mol. The van der Waals surface area contributed by atoms with E-state index >= 15 is 0 Å². The molecule has 2 aromatic rings. The van der Waals surface area contributed by atoms with Crippen molar-refractivity contribution in [3.05, 3.63) is 59.7 Å². The van der Waals surface area contributed by atoms with Crippen molar-refractivity contribution in [3.63, 3.8) is 0 Å². The summed E-state index contributed by atoms with van der Waals surface area (Å²) < 4.78 is 48.8. The maximum atomic E-state index is 11.1. The highest BCUT2D eigenvalue weighted by atomic mass is 16.7. The number of piperidine rings is 2. The molecule has 1 N–H and O–H groups in total. The van der Waals surface area contributed by atoms with Crippen molar-refractivity contribution in [1.29, 1.82) is 0 Å². The first-order valence-corrected chi connectivity index (χ1v) is 25.6. The number of hydroxylamine groups is 4. The maximum absolute atomic E-state index is 11.1. The van der Waals surface area contributed by atoms with Gasteiger partial charge in [0.15, 0.2) is 11.6 Å². The largest absolute Gasteiger partial charge is 0.491 e. The third-order valence-corrected chi connectivity index (χ3v) is 14.7. The molecule has 0 saturated carbocycles. The van der Waals surface area contributed by atoms with E-state index in [9.17, 15) is 5.11 Å². The van der Waals surface area contributed by atoms with Crippen LogP contribution in [0.3, 0.4) is 0 Å². The molecule has 0 aromatic heterocycles. The van der Waals surface area contributed by atoms with Crippen LogP contribution in [0, 0.1) is 11.8 Å². The van der Waals surface area contributed by atoms with Crippen LogP contribution >= 0.6 is 0 Å². The van der Waals surface area contributed by atoms with Crippen molar-refractivity contribution in [3.8, 4) is 11.5 Å². The highest BCUT2D eigenvalue weighted by Gasteiger charge is 2.58. The fourth-order valence-corrected chi connectivity index (χ4v) is 11.7. The quantitative estimate of drug-likeness (QED) is 0.0944. The van der Waals surface area contributed by atoms with Crippen molar-refractivity contribution in [2.24, 2.45) is 11.8 Å². The molecule has 0 aliphatic carbocycles. The van der Waals surface area contributed by atoms with Crippen LogP contribution in [0.5, 0.6) is 11.5 Å². The highest BCUT2D eigenvalue weighted by Crippen LogP contribution is 2.50. The lowest BCUT2D eigenvalue weighted by molar-refractivity contribution is -0.383. The van der Waals surface area contributed by atoms with Crippen LogP contribution in [0.4, 0.5) is 0 Å². The first kappa shape index (κ1) is 51.0. The Morgan fingerprint density at radius 3 is 1.30 bits per heavy atom. The Balaban J connectivity index is 0.695. The van der Waals surface area contributed by atoms with E-state index in [0.29, 0.717) is 51.6 Å². The molecule has 6 heterocycles. The second-order valence-electron chi connectivity index (χ2n) is 23.4. The molecular weight excluding hydrogens is 853 g/mol. The van der Waals surface area contributed by atoms with Gasteiger partial charge in [-0.05, 0) is 124 Å². The monoisotopic (exact) mass is 937 g/mol. The lowest BCUT2D eigenvalue weighted by Gasteiger charge is -2.59. The summed E-state index contributed by atoms with van der Waals surface area (Å²) in [5, 5.41) is 15.4. The summed E-state index contributed by atoms with van der Waals surface area (Å²) in [6, 6.07) is 16.4. The molecule has 0 bridgehead atoms. The zero-order valence-electron chi connectivity index (χ0n) is 42.5. The number of hydrogen-bond donors (Lipinski definition) is 1. The molecule has 0 amide bonds. The highest BCUT2D eigenvalue weighted by molar-refractivity contribution is 5.29. The molecule has 67 heavy (non-hydrogen) atoms. The van der Waals surface area contributed by atoms with E-state index in [2.05, 4.69) is 104 Å². The number of aliphatic hydroxyl groups is 1. The summed E-state index contributed by atoms with van der Waals surface area (Å²) in [4.78, 5) is 13.5. The van der Waals surface area contributed by atoms with Crippen LogP contribution in [0.15, 0.2) is 48.5 Å². The molecule has 376 valence electrons. The number of ether oxygens (including phenoxy) is 8. The van der Waals surface area contributed by atoms with Gasteiger partial charge in [-0.15, -0.1) is 0 Å². The molecule has 0 radical (unpaired) electrons. The van der Waals surface area contributed by atoms with E-state index in [0.717, 1.165) is 100 Å². The zero-order chi connectivity index (χ0) is 47.7. The number of benzene rings is 2. The van der Waals surface area contributed by atoms with Gasteiger partial charge in [0, 0.05) is 59.7 Å². The second-order valence-corrected chi connectivity index (χ2v) is 23.4. The molecule has 8 rings (SSSR count). The minimum atomic E-state index is -0.675. The number of epoxide rings is 2. The van der Waals surface area contributed by atoms with Gasteiger partial charge in [-0.2, -0.15) is 10.1 Å². The van der Waals surface area contributed by atoms with Crippen LogP contribution < -0.4 is 9.47 Å². The third-order valence-electron chi connectivity index (χ3n) is 14.7. The Hall–Kier alpha value is -2.40. The van der Waals surface area contributed by atoms with Crippen LogP contribution in [0.25, 0.3) is 0 Å². The summed E-state index contributed by atoms with van der Waals surface area (Å²) in [6.07, 6.45) is 9.69. The van der Waals surface area contributed by atoms with Gasteiger partial charge < -0.3 is 43.0 Å². The van der Waals surface area contributed by atoms with Gasteiger partial charge in [0.2, 0.25) is 0 Å². The molecule has 2 spiro atoms. The first-order valence-electron chi connectivity index (χ1n) is 25.6. The number of nitrogens with zero attached hydrogens (tertiary/aromatic N) is 2. The summed E-state index contributed by atoms with van der Waals surface area (Å²) >= 11 is 0. The van der Waals surface area contributed by atoms with Gasteiger partial charge in [0.25, 0.3) is 0 Å². The van der Waals surface area contributed by atoms with Crippen molar-refractivity contribution in [1.82, 2.24) is 10.1 Å². The number of rotatable bonds is 21. The van der Waals surface area contributed by atoms with Gasteiger partial charge in [0.1, 0.15) is 49.1 Å². The van der Waals surface area contributed by atoms with Crippen LogP contribution in [0.1, 0.15) is 163 Å². The normalized spacial score (nSPS) is 27.9. The van der Waals surface area contributed by atoms with Crippen molar-refractivity contribution < 1.29 is 52.7 Å². The van der Waals surface area contributed by atoms with Crippen LogP contribution in [-0.2, 0) is 38.1 Å². The Labute approximate surface area is 401 Å².